The molecule has 0 spiro atoms. The van der Waals surface area contributed by atoms with Crippen LogP contribution in [0.4, 0.5) is 10.5 Å². The lowest BCUT2D eigenvalue weighted by Crippen LogP contribution is -2.40. The SMILES string of the molecule is CC1CCN(C(=O)Nc2cccc3c2CCNC3)CC1. The molecule has 1 aromatic carbocycles. The highest BCUT2D eigenvalue weighted by Gasteiger charge is 2.21. The lowest BCUT2D eigenvalue weighted by molar-refractivity contribution is 0.186. The number of nitrogens with zero attached hydrogens (tertiary/aromatic N) is 1. The molecule has 0 bridgehead atoms. The fourth-order valence-corrected chi connectivity index (χ4v) is 3.05. The maximum absolute atomic E-state index is 12.4. The molecule has 3 rings (SSSR count). The molecule has 2 amide bonds. The molecule has 0 aliphatic carbocycles. The third kappa shape index (κ3) is 2.80. The van der Waals surface area contributed by atoms with E-state index in [2.05, 4.69) is 23.6 Å². The van der Waals surface area contributed by atoms with Crippen LogP contribution in [-0.4, -0.2) is 30.6 Å². The van der Waals surface area contributed by atoms with Gasteiger partial charge in [-0.2, -0.15) is 0 Å². The summed E-state index contributed by atoms with van der Waals surface area (Å²) < 4.78 is 0. The first-order chi connectivity index (χ1) is 9.74. The zero-order valence-corrected chi connectivity index (χ0v) is 12.1. The molecule has 1 aromatic rings. The van der Waals surface area contributed by atoms with Gasteiger partial charge < -0.3 is 15.5 Å². The molecular formula is C16H23N3O. The maximum atomic E-state index is 12.4. The van der Waals surface area contributed by atoms with Crippen molar-refractivity contribution < 1.29 is 4.79 Å². The van der Waals surface area contributed by atoms with Crippen molar-refractivity contribution in [1.82, 2.24) is 10.2 Å². The predicted octanol–water partition coefficient (Wildman–Crippen LogP) is 2.60. The van der Waals surface area contributed by atoms with E-state index in [1.807, 2.05) is 17.0 Å². The average molecular weight is 273 g/mol. The second kappa shape index (κ2) is 5.83. The normalized spacial score (nSPS) is 19.6. The smallest absolute Gasteiger partial charge is 0.321 e. The van der Waals surface area contributed by atoms with Gasteiger partial charge in [0.1, 0.15) is 0 Å². The molecular weight excluding hydrogens is 250 g/mol. The van der Waals surface area contributed by atoms with Crippen LogP contribution in [0.3, 0.4) is 0 Å². The van der Waals surface area contributed by atoms with Crippen molar-refractivity contribution in [2.75, 3.05) is 25.0 Å². The standard InChI is InChI=1S/C16H23N3O/c1-12-6-9-19(10-7-12)16(20)18-15-4-2-3-13-11-17-8-5-14(13)15/h2-4,12,17H,5-11H2,1H3,(H,18,20). The van der Waals surface area contributed by atoms with Gasteiger partial charge in [0.15, 0.2) is 0 Å². The number of urea groups is 1. The van der Waals surface area contributed by atoms with Crippen LogP contribution in [0.5, 0.6) is 0 Å². The number of carbonyl (C=O) groups excluding carboxylic acids is 1. The summed E-state index contributed by atoms with van der Waals surface area (Å²) in [5.41, 5.74) is 3.60. The molecule has 2 aliphatic heterocycles. The predicted molar refractivity (Wildman–Crippen MR) is 80.8 cm³/mol. The molecule has 0 aromatic heterocycles. The molecule has 0 unspecified atom stereocenters. The Bertz CT molecular complexity index is 492. The Morgan fingerprint density at radius 2 is 2.15 bits per heavy atom. The van der Waals surface area contributed by atoms with Crippen molar-refractivity contribution >= 4 is 11.7 Å². The third-order valence-electron chi connectivity index (χ3n) is 4.45. The van der Waals surface area contributed by atoms with E-state index in [4.69, 9.17) is 0 Å². The zero-order chi connectivity index (χ0) is 13.9. The van der Waals surface area contributed by atoms with Gasteiger partial charge in [0.25, 0.3) is 0 Å². The number of likely N-dealkylation sites (tertiary alicyclic amines) is 1. The van der Waals surface area contributed by atoms with Crippen LogP contribution in [0, 0.1) is 5.92 Å². The van der Waals surface area contributed by atoms with E-state index in [1.54, 1.807) is 0 Å². The van der Waals surface area contributed by atoms with Crippen LogP contribution in [0.15, 0.2) is 18.2 Å². The van der Waals surface area contributed by atoms with E-state index in [0.29, 0.717) is 0 Å². The van der Waals surface area contributed by atoms with E-state index in [9.17, 15) is 4.79 Å². The van der Waals surface area contributed by atoms with E-state index in [1.165, 1.54) is 11.1 Å². The van der Waals surface area contributed by atoms with Crippen LogP contribution in [-0.2, 0) is 13.0 Å². The van der Waals surface area contributed by atoms with Gasteiger partial charge >= 0.3 is 6.03 Å². The summed E-state index contributed by atoms with van der Waals surface area (Å²) in [4.78, 5) is 14.3. The van der Waals surface area contributed by atoms with Crippen LogP contribution in [0.2, 0.25) is 0 Å². The van der Waals surface area contributed by atoms with E-state index >= 15 is 0 Å². The summed E-state index contributed by atoms with van der Waals surface area (Å²) in [5, 5.41) is 6.48. The van der Waals surface area contributed by atoms with Crippen LogP contribution < -0.4 is 10.6 Å². The molecule has 2 N–H and O–H groups in total. The number of carbonyl (C=O) groups is 1. The summed E-state index contributed by atoms with van der Waals surface area (Å²) in [5.74, 6) is 0.745. The number of hydrogen-bond donors (Lipinski definition) is 2. The number of anilines is 1. The van der Waals surface area contributed by atoms with Crippen LogP contribution in [0.1, 0.15) is 30.9 Å². The Hall–Kier alpha value is -1.55. The van der Waals surface area contributed by atoms with Gasteiger partial charge in [-0.3, -0.25) is 0 Å². The van der Waals surface area contributed by atoms with Crippen LogP contribution >= 0.6 is 0 Å². The molecule has 0 atom stereocenters. The molecule has 108 valence electrons. The van der Waals surface area contributed by atoms with Crippen molar-refractivity contribution in [3.63, 3.8) is 0 Å². The molecule has 4 heteroatoms. The summed E-state index contributed by atoms with van der Waals surface area (Å²) in [6.45, 7) is 5.91. The van der Waals surface area contributed by atoms with E-state index < -0.39 is 0 Å². The van der Waals surface area contributed by atoms with Gasteiger partial charge in [-0.05, 0) is 48.9 Å². The zero-order valence-electron chi connectivity index (χ0n) is 12.1. The summed E-state index contributed by atoms with van der Waals surface area (Å²) >= 11 is 0. The summed E-state index contributed by atoms with van der Waals surface area (Å²) in [6, 6.07) is 6.25. The third-order valence-corrected chi connectivity index (χ3v) is 4.45. The topological polar surface area (TPSA) is 44.4 Å². The number of hydrogen-bond acceptors (Lipinski definition) is 2. The molecule has 1 fully saturated rings. The van der Waals surface area contributed by atoms with Crippen molar-refractivity contribution in [3.8, 4) is 0 Å². The van der Waals surface area contributed by atoms with Gasteiger partial charge in [0.2, 0.25) is 0 Å². The highest BCUT2D eigenvalue weighted by molar-refractivity contribution is 5.90. The minimum atomic E-state index is 0.0591. The highest BCUT2D eigenvalue weighted by atomic mass is 16.2. The van der Waals surface area contributed by atoms with Gasteiger partial charge in [0, 0.05) is 25.3 Å². The number of fused-ring (bicyclic) bond motifs is 1. The van der Waals surface area contributed by atoms with Gasteiger partial charge in [-0.1, -0.05) is 19.1 Å². The average Bonchev–Trinajstić information content (AvgIpc) is 2.48. The first-order valence-electron chi connectivity index (χ1n) is 7.61. The molecule has 1 saturated heterocycles. The molecule has 4 nitrogen and oxygen atoms in total. The second-order valence-corrected chi connectivity index (χ2v) is 5.97. The monoisotopic (exact) mass is 273 g/mol. The Balaban J connectivity index is 1.70. The fourth-order valence-electron chi connectivity index (χ4n) is 3.05. The lowest BCUT2D eigenvalue weighted by atomic mass is 9.98. The van der Waals surface area contributed by atoms with Crippen molar-refractivity contribution in [1.29, 1.82) is 0 Å². The minimum Gasteiger partial charge on any atom is -0.325 e. The first kappa shape index (κ1) is 13.4. The van der Waals surface area contributed by atoms with Gasteiger partial charge in [-0.25, -0.2) is 4.79 Å². The first-order valence-corrected chi connectivity index (χ1v) is 7.61. The minimum absolute atomic E-state index is 0.0591. The Morgan fingerprint density at radius 3 is 2.95 bits per heavy atom. The Morgan fingerprint density at radius 1 is 1.35 bits per heavy atom. The van der Waals surface area contributed by atoms with Crippen molar-refractivity contribution in [3.05, 3.63) is 29.3 Å². The molecule has 20 heavy (non-hydrogen) atoms. The molecule has 2 aliphatic rings. The summed E-state index contributed by atoms with van der Waals surface area (Å²) in [7, 11) is 0. The highest BCUT2D eigenvalue weighted by Crippen LogP contribution is 2.24. The summed E-state index contributed by atoms with van der Waals surface area (Å²) in [6.07, 6.45) is 3.22. The lowest BCUT2D eigenvalue weighted by Gasteiger charge is -2.31. The fraction of sp³-hybridized carbons (Fsp3) is 0.562. The number of amides is 2. The molecule has 2 heterocycles. The largest absolute Gasteiger partial charge is 0.325 e. The number of benzene rings is 1. The van der Waals surface area contributed by atoms with E-state index in [0.717, 1.165) is 57.0 Å². The molecule has 0 saturated carbocycles. The van der Waals surface area contributed by atoms with Gasteiger partial charge in [-0.15, -0.1) is 0 Å². The number of piperidine rings is 1. The number of rotatable bonds is 1. The number of nitrogens with one attached hydrogen (secondary N) is 2. The maximum Gasteiger partial charge on any atom is 0.321 e. The van der Waals surface area contributed by atoms with E-state index in [-0.39, 0.29) is 6.03 Å². The van der Waals surface area contributed by atoms with Crippen molar-refractivity contribution in [2.24, 2.45) is 5.92 Å². The Labute approximate surface area is 120 Å². The van der Waals surface area contributed by atoms with Crippen molar-refractivity contribution in [2.45, 2.75) is 32.7 Å². The van der Waals surface area contributed by atoms with Crippen LogP contribution in [0.25, 0.3) is 0 Å². The Kier molecular flexibility index (Phi) is 3.92. The molecule has 0 radical (unpaired) electrons. The quantitative estimate of drug-likeness (QED) is 0.826. The second-order valence-electron chi connectivity index (χ2n) is 5.97. The van der Waals surface area contributed by atoms with Gasteiger partial charge in [0.05, 0.1) is 0 Å².